The molecule has 0 N–H and O–H groups in total. The first-order chi connectivity index (χ1) is 32.5. The normalized spacial score (nSPS) is 12.9. The summed E-state index contributed by atoms with van der Waals surface area (Å²) in [5.74, 6) is -1.13. The number of carbonyl (C=O) groups excluding carboxylic acids is 3. The molecular formula is C54H105Al3O9. The monoisotopic (exact) mass is 979 g/mol. The van der Waals surface area contributed by atoms with Crippen LogP contribution in [0.15, 0.2) is 0 Å². The third kappa shape index (κ3) is 45.1. The fourth-order valence-corrected chi connectivity index (χ4v) is 16.0. The summed E-state index contributed by atoms with van der Waals surface area (Å²) in [6, 6.07) is 0. The highest BCUT2D eigenvalue weighted by molar-refractivity contribution is 6.68. The van der Waals surface area contributed by atoms with Gasteiger partial charge in [0.25, 0.3) is 17.9 Å². The SMILES string of the molecule is CCCCCCCCCCCCCCCCCC(=O)[O][Al]1[O][Al]([O]C(=O)CCCCCCCCCCCCCCCCC)[O][Al]([O]C(=O)CCCCCCCCCCCCCCCCC)[O]1. The summed E-state index contributed by atoms with van der Waals surface area (Å²) >= 11 is -9.15. The van der Waals surface area contributed by atoms with Crippen LogP contribution in [0.3, 0.4) is 0 Å². The van der Waals surface area contributed by atoms with Crippen molar-refractivity contribution in [2.24, 2.45) is 0 Å². The molecule has 0 radical (unpaired) electrons. The quantitative estimate of drug-likeness (QED) is 0.0435. The molecule has 384 valence electrons. The van der Waals surface area contributed by atoms with Crippen LogP contribution in [0.1, 0.15) is 329 Å². The summed E-state index contributed by atoms with van der Waals surface area (Å²) in [5.41, 5.74) is 0. The van der Waals surface area contributed by atoms with Crippen molar-refractivity contribution in [2.75, 3.05) is 0 Å². The molecule has 1 saturated heterocycles. The Balaban J connectivity index is 2.35. The van der Waals surface area contributed by atoms with Crippen LogP contribution in [0, 0.1) is 0 Å². The van der Waals surface area contributed by atoms with Crippen LogP contribution in [0.4, 0.5) is 0 Å². The maximum Gasteiger partial charge on any atom is 0.949 e. The molecule has 1 aliphatic rings. The lowest BCUT2D eigenvalue weighted by Gasteiger charge is -2.26. The number of hydrogen-bond donors (Lipinski definition) is 0. The largest absolute Gasteiger partial charge is 0.949 e. The van der Waals surface area contributed by atoms with Crippen LogP contribution < -0.4 is 0 Å². The zero-order valence-electron chi connectivity index (χ0n) is 43.8. The Morgan fingerprint density at radius 2 is 0.379 bits per heavy atom. The van der Waals surface area contributed by atoms with Gasteiger partial charge in [0.1, 0.15) is 0 Å². The van der Waals surface area contributed by atoms with Crippen molar-refractivity contribution in [2.45, 2.75) is 329 Å². The fourth-order valence-electron chi connectivity index (χ4n) is 8.96. The highest BCUT2D eigenvalue weighted by atomic mass is 27.4. The summed E-state index contributed by atoms with van der Waals surface area (Å²) in [5, 5.41) is 0. The fraction of sp³-hybridized carbons (Fsp3) is 0.944. The standard InChI is InChI=1S/3C18H36O2.3Al.3O/c3*1-2-3-4-5-6-7-8-9-10-11-12-13-14-15-16-17-18(19)20;;;;;;/h3*2-17H2,1H3,(H,19,20);;;;;;/q;;;3*+1;;;/p-3. The van der Waals surface area contributed by atoms with E-state index in [2.05, 4.69) is 20.8 Å². The zero-order chi connectivity index (χ0) is 47.6. The van der Waals surface area contributed by atoms with E-state index < -0.39 is 45.4 Å². The van der Waals surface area contributed by atoms with E-state index in [-0.39, 0.29) is 37.2 Å². The van der Waals surface area contributed by atoms with Gasteiger partial charge in [-0.3, -0.25) is 14.4 Å². The molecule has 12 heteroatoms. The van der Waals surface area contributed by atoms with Crippen molar-refractivity contribution in [1.29, 1.82) is 0 Å². The molecule has 0 aromatic carbocycles. The molecule has 1 rings (SSSR count). The van der Waals surface area contributed by atoms with Gasteiger partial charge in [-0.15, -0.1) is 0 Å². The Labute approximate surface area is 424 Å². The van der Waals surface area contributed by atoms with Gasteiger partial charge in [-0.1, -0.05) is 290 Å². The van der Waals surface area contributed by atoms with E-state index in [0.29, 0.717) is 0 Å². The van der Waals surface area contributed by atoms with Crippen molar-refractivity contribution in [3.8, 4) is 0 Å². The van der Waals surface area contributed by atoms with Crippen molar-refractivity contribution in [3.63, 3.8) is 0 Å². The Kier molecular flexibility index (Phi) is 49.6. The zero-order valence-corrected chi connectivity index (χ0v) is 47.3. The van der Waals surface area contributed by atoms with Crippen LogP contribution in [0.2, 0.25) is 0 Å². The smallest absolute Gasteiger partial charge is 0.574 e. The summed E-state index contributed by atoms with van der Waals surface area (Å²) in [6.45, 7) is 6.81. The van der Waals surface area contributed by atoms with Crippen LogP contribution in [0.25, 0.3) is 0 Å². The first kappa shape index (κ1) is 63.9. The molecule has 1 aliphatic heterocycles. The third-order valence-corrected chi connectivity index (χ3v) is 20.0. The number of carbonyl (C=O) groups is 3. The van der Waals surface area contributed by atoms with Crippen LogP contribution in [-0.2, 0) is 34.3 Å². The van der Waals surface area contributed by atoms with Crippen LogP contribution in [-0.4, -0.2) is 63.4 Å². The Morgan fingerprint density at radius 3 is 0.530 bits per heavy atom. The molecule has 0 aromatic rings. The molecule has 0 aliphatic carbocycles. The Morgan fingerprint density at radius 1 is 0.242 bits per heavy atom. The third-order valence-electron chi connectivity index (χ3n) is 13.3. The van der Waals surface area contributed by atoms with E-state index in [1.54, 1.807) is 0 Å². The summed E-state index contributed by atoms with van der Waals surface area (Å²) in [7, 11) is 0. The lowest BCUT2D eigenvalue weighted by molar-refractivity contribution is -0.139. The van der Waals surface area contributed by atoms with E-state index in [0.717, 1.165) is 57.8 Å². The van der Waals surface area contributed by atoms with Crippen molar-refractivity contribution >= 4 is 63.4 Å². The summed E-state index contributed by atoms with van der Waals surface area (Å²) < 4.78 is 34.7. The molecule has 0 amide bonds. The van der Waals surface area contributed by atoms with Gasteiger partial charge in [0.05, 0.1) is 0 Å². The van der Waals surface area contributed by atoms with Crippen LogP contribution in [0.5, 0.6) is 0 Å². The molecule has 0 aromatic heterocycles. The number of unbranched alkanes of at least 4 members (excludes halogenated alkanes) is 42. The Bertz CT molecular complexity index is 936. The van der Waals surface area contributed by atoms with Gasteiger partial charge < -0.3 is 19.9 Å². The molecule has 1 heterocycles. The van der Waals surface area contributed by atoms with Crippen molar-refractivity contribution < 1.29 is 34.3 Å². The summed E-state index contributed by atoms with van der Waals surface area (Å²) in [6.07, 6.45) is 57.5. The van der Waals surface area contributed by atoms with E-state index >= 15 is 0 Å². The molecule has 0 atom stereocenters. The van der Waals surface area contributed by atoms with Crippen molar-refractivity contribution in [1.82, 2.24) is 0 Å². The lowest BCUT2D eigenvalue weighted by atomic mass is 10.0. The van der Waals surface area contributed by atoms with E-state index in [4.69, 9.17) is 19.9 Å². The van der Waals surface area contributed by atoms with Gasteiger partial charge in [0.2, 0.25) is 0 Å². The highest BCUT2D eigenvalue weighted by Gasteiger charge is 2.62. The second-order valence-electron chi connectivity index (χ2n) is 19.8. The van der Waals surface area contributed by atoms with Crippen molar-refractivity contribution in [3.05, 3.63) is 0 Å². The second kappa shape index (κ2) is 51.2. The number of rotatable bonds is 51. The molecule has 1 fully saturated rings. The minimum atomic E-state index is -3.05. The molecule has 0 saturated carbocycles. The highest BCUT2D eigenvalue weighted by Crippen LogP contribution is 2.19. The van der Waals surface area contributed by atoms with Crippen LogP contribution >= 0.6 is 0 Å². The first-order valence-corrected chi connectivity index (χ1v) is 33.3. The van der Waals surface area contributed by atoms with Gasteiger partial charge in [0.15, 0.2) is 0 Å². The van der Waals surface area contributed by atoms with E-state index in [1.807, 2.05) is 0 Å². The topological polar surface area (TPSA) is 107 Å². The lowest BCUT2D eigenvalue weighted by Crippen LogP contribution is -2.54. The molecule has 66 heavy (non-hydrogen) atoms. The molecule has 0 spiro atoms. The number of hydrogen-bond acceptors (Lipinski definition) is 9. The van der Waals surface area contributed by atoms with Gasteiger partial charge in [0, 0.05) is 19.3 Å². The Hall–Kier alpha value is -0.113. The molecule has 0 unspecified atom stereocenters. The molecule has 9 nitrogen and oxygen atoms in total. The summed E-state index contributed by atoms with van der Waals surface area (Å²) in [4.78, 5) is 38.6. The molecule has 0 bridgehead atoms. The average molecular weight is 979 g/mol. The maximum atomic E-state index is 12.9. The van der Waals surface area contributed by atoms with E-state index in [9.17, 15) is 14.4 Å². The predicted octanol–water partition coefficient (Wildman–Crippen LogP) is 17.4. The minimum Gasteiger partial charge on any atom is -0.574 e. The minimum absolute atomic E-state index is 0.283. The first-order valence-electron chi connectivity index (χ1n) is 29.0. The average Bonchev–Trinajstić information content (AvgIpc) is 3.30. The van der Waals surface area contributed by atoms with Gasteiger partial charge in [-0.2, -0.15) is 0 Å². The molecular weight excluding hydrogens is 874 g/mol. The predicted molar refractivity (Wildman–Crippen MR) is 277 cm³/mol. The van der Waals surface area contributed by atoms with Gasteiger partial charge in [-0.25, -0.2) is 0 Å². The van der Waals surface area contributed by atoms with Gasteiger partial charge >= 0.3 is 45.4 Å². The second-order valence-corrected chi connectivity index (χ2v) is 25.5. The van der Waals surface area contributed by atoms with Gasteiger partial charge in [-0.05, 0) is 19.3 Å². The van der Waals surface area contributed by atoms with E-state index in [1.165, 1.54) is 231 Å². The maximum absolute atomic E-state index is 12.9.